The first-order valence-electron chi connectivity index (χ1n) is 9.02. The summed E-state index contributed by atoms with van der Waals surface area (Å²) in [5.74, 6) is 1.70. The lowest BCUT2D eigenvalue weighted by atomic mass is 9.81. The van der Waals surface area contributed by atoms with E-state index in [9.17, 15) is 0 Å². The summed E-state index contributed by atoms with van der Waals surface area (Å²) in [4.78, 5) is 0. The highest BCUT2D eigenvalue weighted by Gasteiger charge is 2.30. The quantitative estimate of drug-likeness (QED) is 0.583. The molecule has 1 rings (SSSR count). The number of rotatable bonds is 10. The summed E-state index contributed by atoms with van der Waals surface area (Å²) >= 11 is 0. The third-order valence-electron chi connectivity index (χ3n) is 4.51. The first-order valence-corrected chi connectivity index (χ1v) is 9.02. The van der Waals surface area contributed by atoms with Crippen molar-refractivity contribution in [3.8, 4) is 0 Å². The second kappa shape index (κ2) is 10.6. The van der Waals surface area contributed by atoms with E-state index in [1.807, 2.05) is 0 Å². The fraction of sp³-hybridized carbons (Fsp3) is 1.00. The molecule has 1 saturated carbocycles. The zero-order valence-electron chi connectivity index (χ0n) is 14.3. The van der Waals surface area contributed by atoms with Gasteiger partial charge in [0.2, 0.25) is 0 Å². The van der Waals surface area contributed by atoms with E-state index in [0.29, 0.717) is 12.1 Å². The molecule has 0 aromatic rings. The molecule has 0 aromatic carbocycles. The fourth-order valence-electron chi connectivity index (χ4n) is 3.36. The lowest BCUT2D eigenvalue weighted by molar-refractivity contribution is -0.0132. The average molecular weight is 283 g/mol. The van der Waals surface area contributed by atoms with Gasteiger partial charge in [0.05, 0.1) is 6.10 Å². The summed E-state index contributed by atoms with van der Waals surface area (Å²) in [6.45, 7) is 11.2. The van der Waals surface area contributed by atoms with E-state index >= 15 is 0 Å². The van der Waals surface area contributed by atoms with Crippen LogP contribution in [0.15, 0.2) is 0 Å². The molecule has 1 aliphatic carbocycles. The van der Waals surface area contributed by atoms with Gasteiger partial charge in [0.15, 0.2) is 0 Å². The largest absolute Gasteiger partial charge is 0.377 e. The maximum absolute atomic E-state index is 6.26. The summed E-state index contributed by atoms with van der Waals surface area (Å²) in [5.41, 5.74) is 0. The Morgan fingerprint density at radius 1 is 1.15 bits per heavy atom. The lowest BCUT2D eigenvalue weighted by Gasteiger charge is -2.36. The highest BCUT2D eigenvalue weighted by atomic mass is 16.5. The SMILES string of the molecule is CCCNC1CCC(CCC)CC1OCCCC(C)C. The number of ether oxygens (including phenoxy) is 1. The predicted octanol–water partition coefficient (Wildman–Crippen LogP) is 4.78. The van der Waals surface area contributed by atoms with Gasteiger partial charge in [-0.25, -0.2) is 0 Å². The molecule has 0 radical (unpaired) electrons. The molecule has 0 spiro atoms. The van der Waals surface area contributed by atoms with Crippen LogP contribution in [0.1, 0.15) is 79.1 Å². The van der Waals surface area contributed by atoms with Crippen molar-refractivity contribution in [2.45, 2.75) is 91.2 Å². The van der Waals surface area contributed by atoms with Gasteiger partial charge >= 0.3 is 0 Å². The van der Waals surface area contributed by atoms with E-state index in [0.717, 1.165) is 25.0 Å². The van der Waals surface area contributed by atoms with Gasteiger partial charge in [-0.1, -0.05) is 40.5 Å². The van der Waals surface area contributed by atoms with Crippen LogP contribution >= 0.6 is 0 Å². The Labute approximate surface area is 127 Å². The first-order chi connectivity index (χ1) is 9.67. The van der Waals surface area contributed by atoms with Gasteiger partial charge in [0, 0.05) is 12.6 Å². The second-order valence-corrected chi connectivity index (χ2v) is 6.97. The van der Waals surface area contributed by atoms with Crippen LogP contribution in [0.4, 0.5) is 0 Å². The lowest BCUT2D eigenvalue weighted by Crippen LogP contribution is -2.46. The maximum atomic E-state index is 6.26. The minimum Gasteiger partial charge on any atom is -0.377 e. The molecule has 0 saturated heterocycles. The van der Waals surface area contributed by atoms with E-state index in [4.69, 9.17) is 4.74 Å². The van der Waals surface area contributed by atoms with E-state index in [1.165, 1.54) is 51.4 Å². The molecular weight excluding hydrogens is 246 g/mol. The molecule has 0 aliphatic heterocycles. The van der Waals surface area contributed by atoms with E-state index in [-0.39, 0.29) is 0 Å². The van der Waals surface area contributed by atoms with Crippen LogP contribution in [0.3, 0.4) is 0 Å². The molecule has 0 amide bonds. The Morgan fingerprint density at radius 3 is 2.60 bits per heavy atom. The zero-order chi connectivity index (χ0) is 14.8. The number of hydrogen-bond donors (Lipinski definition) is 1. The number of hydrogen-bond acceptors (Lipinski definition) is 2. The summed E-state index contributed by atoms with van der Waals surface area (Å²) in [7, 11) is 0. The molecule has 1 N–H and O–H groups in total. The molecule has 1 fully saturated rings. The Morgan fingerprint density at radius 2 is 1.95 bits per heavy atom. The fourth-order valence-corrected chi connectivity index (χ4v) is 3.36. The molecule has 120 valence electrons. The van der Waals surface area contributed by atoms with Crippen LogP contribution in [0.2, 0.25) is 0 Å². The van der Waals surface area contributed by atoms with Gasteiger partial charge in [-0.2, -0.15) is 0 Å². The third-order valence-corrected chi connectivity index (χ3v) is 4.51. The van der Waals surface area contributed by atoms with Gasteiger partial charge in [0.1, 0.15) is 0 Å². The van der Waals surface area contributed by atoms with Crippen molar-refractivity contribution in [1.82, 2.24) is 5.32 Å². The van der Waals surface area contributed by atoms with Crippen LogP contribution in [0.25, 0.3) is 0 Å². The molecule has 0 bridgehead atoms. The molecule has 2 heteroatoms. The van der Waals surface area contributed by atoms with Crippen molar-refractivity contribution in [3.63, 3.8) is 0 Å². The Bertz CT molecular complexity index is 229. The van der Waals surface area contributed by atoms with Crippen molar-refractivity contribution in [1.29, 1.82) is 0 Å². The molecule has 20 heavy (non-hydrogen) atoms. The van der Waals surface area contributed by atoms with Crippen molar-refractivity contribution < 1.29 is 4.74 Å². The molecule has 3 atom stereocenters. The molecular formula is C18H37NO. The molecule has 0 aromatic heterocycles. The van der Waals surface area contributed by atoms with Gasteiger partial charge in [0.25, 0.3) is 0 Å². The van der Waals surface area contributed by atoms with E-state index in [1.54, 1.807) is 0 Å². The average Bonchev–Trinajstić information content (AvgIpc) is 2.43. The topological polar surface area (TPSA) is 21.3 Å². The Hall–Kier alpha value is -0.0800. The van der Waals surface area contributed by atoms with Crippen LogP contribution in [0, 0.1) is 11.8 Å². The second-order valence-electron chi connectivity index (χ2n) is 6.97. The summed E-state index contributed by atoms with van der Waals surface area (Å²) < 4.78 is 6.26. The summed E-state index contributed by atoms with van der Waals surface area (Å²) in [5, 5.41) is 3.71. The van der Waals surface area contributed by atoms with Gasteiger partial charge in [-0.15, -0.1) is 0 Å². The molecule has 2 nitrogen and oxygen atoms in total. The maximum Gasteiger partial charge on any atom is 0.0730 e. The van der Waals surface area contributed by atoms with Crippen LogP contribution in [-0.4, -0.2) is 25.3 Å². The van der Waals surface area contributed by atoms with Crippen molar-refractivity contribution in [2.24, 2.45) is 11.8 Å². The van der Waals surface area contributed by atoms with Crippen LogP contribution in [-0.2, 0) is 4.74 Å². The zero-order valence-corrected chi connectivity index (χ0v) is 14.3. The minimum atomic E-state index is 0.457. The predicted molar refractivity (Wildman–Crippen MR) is 88.1 cm³/mol. The number of nitrogens with one attached hydrogen (secondary N) is 1. The highest BCUT2D eigenvalue weighted by molar-refractivity contribution is 4.85. The Balaban J connectivity index is 2.35. The van der Waals surface area contributed by atoms with E-state index < -0.39 is 0 Å². The summed E-state index contributed by atoms with van der Waals surface area (Å²) in [6.07, 6.45) is 10.8. The summed E-state index contributed by atoms with van der Waals surface area (Å²) in [6, 6.07) is 0.599. The minimum absolute atomic E-state index is 0.457. The normalized spacial score (nSPS) is 27.1. The van der Waals surface area contributed by atoms with E-state index in [2.05, 4.69) is 33.0 Å². The van der Waals surface area contributed by atoms with Crippen molar-refractivity contribution >= 4 is 0 Å². The van der Waals surface area contributed by atoms with Gasteiger partial charge < -0.3 is 10.1 Å². The third kappa shape index (κ3) is 7.08. The van der Waals surface area contributed by atoms with Gasteiger partial charge in [-0.05, 0) is 56.9 Å². The van der Waals surface area contributed by atoms with Crippen LogP contribution < -0.4 is 5.32 Å². The Kier molecular flexibility index (Phi) is 9.54. The van der Waals surface area contributed by atoms with Crippen molar-refractivity contribution in [2.75, 3.05) is 13.2 Å². The molecule has 0 heterocycles. The smallest absolute Gasteiger partial charge is 0.0730 e. The monoisotopic (exact) mass is 283 g/mol. The highest BCUT2D eigenvalue weighted by Crippen LogP contribution is 2.30. The standard InChI is InChI=1S/C18H37NO/c1-5-8-16-10-11-17(19-12-6-2)18(14-16)20-13-7-9-15(3)4/h15-19H,5-14H2,1-4H3. The molecule has 1 aliphatic rings. The first kappa shape index (κ1) is 18.0. The van der Waals surface area contributed by atoms with Crippen molar-refractivity contribution in [3.05, 3.63) is 0 Å². The molecule has 3 unspecified atom stereocenters. The van der Waals surface area contributed by atoms with Crippen LogP contribution in [0.5, 0.6) is 0 Å². The van der Waals surface area contributed by atoms with Gasteiger partial charge in [-0.3, -0.25) is 0 Å².